The van der Waals surface area contributed by atoms with E-state index < -0.39 is 0 Å². The van der Waals surface area contributed by atoms with Crippen LogP contribution in [-0.4, -0.2) is 27.9 Å². The number of amides is 1. The summed E-state index contributed by atoms with van der Waals surface area (Å²) in [6, 6.07) is 3.95. The lowest BCUT2D eigenvalue weighted by Gasteiger charge is -2.30. The van der Waals surface area contributed by atoms with Crippen LogP contribution in [0.3, 0.4) is 0 Å². The monoisotopic (exact) mass is 284 g/mol. The molecule has 0 fully saturated rings. The summed E-state index contributed by atoms with van der Waals surface area (Å²) in [4.78, 5) is 18.1. The smallest absolute Gasteiger partial charge is 0.255 e. The van der Waals surface area contributed by atoms with Gasteiger partial charge in [0.1, 0.15) is 4.60 Å². The highest BCUT2D eigenvalue weighted by Gasteiger charge is 2.21. The molecule has 1 rings (SSSR count). The molecule has 4 heteroatoms. The molecule has 0 radical (unpaired) electrons. The third-order valence-electron chi connectivity index (χ3n) is 2.32. The van der Waals surface area contributed by atoms with Crippen LogP contribution in [0.4, 0.5) is 0 Å². The van der Waals surface area contributed by atoms with E-state index in [4.69, 9.17) is 0 Å². The summed E-state index contributed by atoms with van der Waals surface area (Å²) in [6.45, 7) is 8.07. The predicted octanol–water partition coefficient (Wildman–Crippen LogP) is 3.10. The van der Waals surface area contributed by atoms with Gasteiger partial charge in [-0.05, 0) is 55.8 Å². The van der Waals surface area contributed by atoms with E-state index in [1.165, 1.54) is 0 Å². The Morgan fingerprint density at radius 2 is 1.81 bits per heavy atom. The quantitative estimate of drug-likeness (QED) is 0.799. The summed E-state index contributed by atoms with van der Waals surface area (Å²) in [5.41, 5.74) is 0.630. The first-order valence-electron chi connectivity index (χ1n) is 5.37. The van der Waals surface area contributed by atoms with Crippen molar-refractivity contribution in [1.82, 2.24) is 9.88 Å². The third-order valence-corrected chi connectivity index (χ3v) is 2.79. The number of rotatable bonds is 3. The van der Waals surface area contributed by atoms with Crippen LogP contribution in [0.25, 0.3) is 0 Å². The Hall–Kier alpha value is -0.900. The standard InChI is InChI=1S/C12H17BrN2O/c1-8(2)15(9(3)4)12(16)10-5-6-11(13)14-7-10/h5-9H,1-4H3. The van der Waals surface area contributed by atoms with Gasteiger partial charge in [-0.15, -0.1) is 0 Å². The fourth-order valence-corrected chi connectivity index (χ4v) is 1.95. The fraction of sp³-hybridized carbons (Fsp3) is 0.500. The van der Waals surface area contributed by atoms with Crippen molar-refractivity contribution in [1.29, 1.82) is 0 Å². The molecule has 0 aliphatic rings. The first-order valence-corrected chi connectivity index (χ1v) is 6.17. The van der Waals surface area contributed by atoms with Crippen molar-refractivity contribution in [2.24, 2.45) is 0 Å². The van der Waals surface area contributed by atoms with Crippen molar-refractivity contribution in [2.75, 3.05) is 0 Å². The molecule has 0 aromatic carbocycles. The normalized spacial score (nSPS) is 10.9. The highest BCUT2D eigenvalue weighted by molar-refractivity contribution is 9.10. The second-order valence-corrected chi connectivity index (χ2v) is 5.08. The van der Waals surface area contributed by atoms with E-state index in [0.29, 0.717) is 5.56 Å². The molecule has 0 saturated heterocycles. The van der Waals surface area contributed by atoms with Crippen molar-refractivity contribution in [2.45, 2.75) is 39.8 Å². The lowest BCUT2D eigenvalue weighted by atomic mass is 10.1. The van der Waals surface area contributed by atoms with Crippen molar-refractivity contribution < 1.29 is 4.79 Å². The summed E-state index contributed by atoms with van der Waals surface area (Å²) in [5.74, 6) is 0.0324. The average Bonchev–Trinajstić information content (AvgIpc) is 2.17. The van der Waals surface area contributed by atoms with E-state index in [9.17, 15) is 4.79 Å². The molecule has 1 heterocycles. The number of carbonyl (C=O) groups is 1. The van der Waals surface area contributed by atoms with Crippen LogP contribution in [0.5, 0.6) is 0 Å². The Bertz CT molecular complexity index is 352. The van der Waals surface area contributed by atoms with Crippen LogP contribution in [0.1, 0.15) is 38.1 Å². The molecule has 0 aliphatic carbocycles. The number of nitrogens with zero attached hydrogens (tertiary/aromatic N) is 2. The van der Waals surface area contributed by atoms with Crippen LogP contribution >= 0.6 is 15.9 Å². The number of hydrogen-bond donors (Lipinski definition) is 0. The minimum absolute atomic E-state index is 0.0324. The minimum Gasteiger partial charge on any atom is -0.334 e. The number of hydrogen-bond acceptors (Lipinski definition) is 2. The van der Waals surface area contributed by atoms with E-state index in [2.05, 4.69) is 20.9 Å². The first-order chi connectivity index (χ1) is 7.43. The van der Waals surface area contributed by atoms with Crippen LogP contribution in [-0.2, 0) is 0 Å². The first kappa shape index (κ1) is 13.2. The molecule has 16 heavy (non-hydrogen) atoms. The van der Waals surface area contributed by atoms with Gasteiger partial charge in [0.05, 0.1) is 5.56 Å². The van der Waals surface area contributed by atoms with Gasteiger partial charge in [0.2, 0.25) is 0 Å². The molecule has 1 amide bonds. The molecule has 1 aromatic rings. The third kappa shape index (κ3) is 3.04. The Morgan fingerprint density at radius 1 is 1.25 bits per heavy atom. The molecule has 0 N–H and O–H groups in total. The van der Waals surface area contributed by atoms with Crippen molar-refractivity contribution in [3.8, 4) is 0 Å². The lowest BCUT2D eigenvalue weighted by Crippen LogP contribution is -2.42. The topological polar surface area (TPSA) is 33.2 Å². The highest BCUT2D eigenvalue weighted by Crippen LogP contribution is 2.13. The minimum atomic E-state index is 0.0324. The number of pyridine rings is 1. The largest absolute Gasteiger partial charge is 0.334 e. The van der Waals surface area contributed by atoms with Gasteiger partial charge in [0, 0.05) is 18.3 Å². The second-order valence-electron chi connectivity index (χ2n) is 4.27. The van der Waals surface area contributed by atoms with Gasteiger partial charge in [-0.25, -0.2) is 4.98 Å². The molecule has 0 atom stereocenters. The van der Waals surface area contributed by atoms with E-state index in [0.717, 1.165) is 4.60 Å². The molecule has 3 nitrogen and oxygen atoms in total. The summed E-state index contributed by atoms with van der Waals surface area (Å²) < 4.78 is 0.740. The zero-order valence-electron chi connectivity index (χ0n) is 10.1. The van der Waals surface area contributed by atoms with Crippen molar-refractivity contribution in [3.05, 3.63) is 28.5 Å². The predicted molar refractivity (Wildman–Crippen MR) is 68.4 cm³/mol. The zero-order chi connectivity index (χ0) is 12.3. The summed E-state index contributed by atoms with van der Waals surface area (Å²) >= 11 is 3.25. The maximum absolute atomic E-state index is 12.2. The molecule has 88 valence electrons. The molecule has 0 aliphatic heterocycles. The maximum atomic E-state index is 12.2. The van der Waals surface area contributed by atoms with Gasteiger partial charge < -0.3 is 4.90 Å². The van der Waals surface area contributed by atoms with Crippen molar-refractivity contribution in [3.63, 3.8) is 0 Å². The van der Waals surface area contributed by atoms with E-state index in [1.54, 1.807) is 18.3 Å². The van der Waals surface area contributed by atoms with Gasteiger partial charge in [-0.2, -0.15) is 0 Å². The zero-order valence-corrected chi connectivity index (χ0v) is 11.7. The summed E-state index contributed by atoms with van der Waals surface area (Å²) in [6.07, 6.45) is 1.60. The Labute approximate surface area is 105 Å². The summed E-state index contributed by atoms with van der Waals surface area (Å²) in [7, 11) is 0. The Balaban J connectivity index is 2.95. The van der Waals surface area contributed by atoms with E-state index in [-0.39, 0.29) is 18.0 Å². The Morgan fingerprint density at radius 3 is 2.19 bits per heavy atom. The average molecular weight is 285 g/mol. The molecular weight excluding hydrogens is 268 g/mol. The lowest BCUT2D eigenvalue weighted by molar-refractivity contribution is 0.0643. The molecule has 0 bridgehead atoms. The van der Waals surface area contributed by atoms with Crippen LogP contribution in [0.2, 0.25) is 0 Å². The number of halogens is 1. The Kier molecular flexibility index (Phi) is 4.47. The van der Waals surface area contributed by atoms with Crippen LogP contribution in [0.15, 0.2) is 22.9 Å². The van der Waals surface area contributed by atoms with E-state index in [1.807, 2.05) is 32.6 Å². The van der Waals surface area contributed by atoms with Crippen molar-refractivity contribution >= 4 is 21.8 Å². The summed E-state index contributed by atoms with van der Waals surface area (Å²) in [5, 5.41) is 0. The molecule has 1 aromatic heterocycles. The molecule has 0 unspecified atom stereocenters. The van der Waals surface area contributed by atoms with Gasteiger partial charge in [-0.1, -0.05) is 0 Å². The molecule has 0 saturated carbocycles. The van der Waals surface area contributed by atoms with Gasteiger partial charge in [0.15, 0.2) is 0 Å². The van der Waals surface area contributed by atoms with Crippen LogP contribution in [0, 0.1) is 0 Å². The van der Waals surface area contributed by atoms with Gasteiger partial charge >= 0.3 is 0 Å². The van der Waals surface area contributed by atoms with Crippen LogP contribution < -0.4 is 0 Å². The van der Waals surface area contributed by atoms with Gasteiger partial charge in [0.25, 0.3) is 5.91 Å². The number of carbonyl (C=O) groups excluding carboxylic acids is 1. The van der Waals surface area contributed by atoms with E-state index >= 15 is 0 Å². The highest BCUT2D eigenvalue weighted by atomic mass is 79.9. The maximum Gasteiger partial charge on any atom is 0.255 e. The number of aromatic nitrogens is 1. The van der Waals surface area contributed by atoms with Gasteiger partial charge in [-0.3, -0.25) is 4.79 Å². The second kappa shape index (κ2) is 5.43. The molecule has 0 spiro atoms. The molecular formula is C12H17BrN2O. The SMILES string of the molecule is CC(C)N(C(=O)c1ccc(Br)nc1)C(C)C. The fourth-order valence-electron chi connectivity index (χ4n) is 1.72.